The minimum atomic E-state index is -5.14. The summed E-state index contributed by atoms with van der Waals surface area (Å²) < 4.78 is 24.3. The number of carbonyl (C=O) groups excluding carboxylic acids is 7. The lowest BCUT2D eigenvalue weighted by Crippen LogP contribution is -2.61. The molecule has 1 aliphatic heterocycles. The topological polar surface area (TPSA) is 350 Å². The number of carbonyl (C=O) groups is 7. The SMILES string of the molecule is CC(=O)N1CCC[C@H]1C(=O)N[C@@H](CC(C)C)C(=O)N[C@@H](Cc1cncn1CCCCCO/N=C/c1c(C)nn(C(=O)OC(C)(C)C)c1C)C(=O)N[C@@H](CO)C(=O)N[C@H](C(N)=O)[C@@H](C)OP(=O)(O)O. The van der Waals surface area contributed by atoms with E-state index in [1.807, 2.05) is 13.8 Å². The van der Waals surface area contributed by atoms with E-state index in [9.17, 15) is 53.0 Å². The molecule has 2 aromatic rings. The highest BCUT2D eigenvalue weighted by molar-refractivity contribution is 7.46. The van der Waals surface area contributed by atoms with Gasteiger partial charge in [0.2, 0.25) is 35.4 Å². The molecule has 1 fully saturated rings. The number of imidazole rings is 1. The molecule has 0 bridgehead atoms. The number of amides is 6. The molecule has 380 valence electrons. The zero-order valence-corrected chi connectivity index (χ0v) is 41.0. The maximum Gasteiger partial charge on any atom is 0.469 e. The third-order valence-electron chi connectivity index (χ3n) is 10.6. The lowest BCUT2D eigenvalue weighted by atomic mass is 10.0. The zero-order chi connectivity index (χ0) is 51.1. The van der Waals surface area contributed by atoms with Crippen molar-refractivity contribution in [2.75, 3.05) is 19.8 Å². The fourth-order valence-electron chi connectivity index (χ4n) is 7.31. The number of hydrogen-bond acceptors (Lipinski definition) is 15. The van der Waals surface area contributed by atoms with E-state index in [-0.39, 0.29) is 31.3 Å². The number of hydrogen-bond donors (Lipinski definition) is 8. The molecule has 0 aromatic carbocycles. The highest BCUT2D eigenvalue weighted by Gasteiger charge is 2.37. The molecule has 68 heavy (non-hydrogen) atoms. The average Bonchev–Trinajstić information content (AvgIpc) is 3.97. The molecule has 1 aliphatic rings. The number of nitrogens with one attached hydrogen (secondary N) is 4. The second-order valence-electron chi connectivity index (χ2n) is 17.9. The lowest BCUT2D eigenvalue weighted by molar-refractivity contribution is -0.139. The predicted octanol–water partition coefficient (Wildman–Crippen LogP) is 0.215. The van der Waals surface area contributed by atoms with Crippen LogP contribution in [0.5, 0.6) is 0 Å². The fourth-order valence-corrected chi connectivity index (χ4v) is 7.86. The van der Waals surface area contributed by atoms with Crippen LogP contribution in [0.1, 0.15) is 110 Å². The van der Waals surface area contributed by atoms with Crippen LogP contribution in [0.4, 0.5) is 4.79 Å². The van der Waals surface area contributed by atoms with Crippen molar-refractivity contribution >= 4 is 55.6 Å². The first-order valence-corrected chi connectivity index (χ1v) is 23.8. The molecular weight excluding hydrogens is 913 g/mol. The second-order valence-corrected chi connectivity index (χ2v) is 19.1. The van der Waals surface area contributed by atoms with Gasteiger partial charge in [0.05, 0.1) is 36.6 Å². The summed E-state index contributed by atoms with van der Waals surface area (Å²) in [5.74, 6) is -5.08. The monoisotopic (exact) mass is 981 g/mol. The van der Waals surface area contributed by atoms with Crippen molar-refractivity contribution in [2.45, 2.75) is 156 Å². The van der Waals surface area contributed by atoms with Gasteiger partial charge in [-0.3, -0.25) is 33.3 Å². The lowest BCUT2D eigenvalue weighted by Gasteiger charge is -2.28. The Balaban J connectivity index is 1.75. The van der Waals surface area contributed by atoms with Crippen LogP contribution in [-0.2, 0) is 60.4 Å². The van der Waals surface area contributed by atoms with Crippen molar-refractivity contribution < 1.29 is 67.1 Å². The number of oxime groups is 1. The third kappa shape index (κ3) is 17.7. The smallest absolute Gasteiger partial charge is 0.442 e. The number of aromatic nitrogens is 4. The number of aryl methyl sites for hydroxylation is 2. The minimum absolute atomic E-state index is 0.119. The number of likely N-dealkylation sites (tertiary alicyclic amines) is 1. The molecule has 0 aliphatic carbocycles. The standard InChI is InChI=1S/C42H68N11O14P/c1-24(2)18-31(47-40(60)34-14-13-16-52(34)28(6)55)37(57)46-32(38(58)48-33(22-54)39(59)49-35(36(43)56)27(5)67-68(62,63)64)19-29-20-44-23-51(29)15-11-10-12-17-65-45-21-30-25(3)50-53(26(30)4)41(61)66-42(7,8)9/h20-21,23-24,27,31-35,54H,10-19,22H2,1-9H3,(H2,43,56)(H,46,57)(H,47,60)(H,48,58)(H,49,59)(H2,62,63,64)/b45-21+/t27-,31+,32+,33+,34+,35+/m1/s1. The molecule has 1 saturated heterocycles. The highest BCUT2D eigenvalue weighted by Crippen LogP contribution is 2.38. The number of rotatable bonds is 25. The number of unbranched alkanes of at least 4 members (excludes halogenated alkanes) is 2. The van der Waals surface area contributed by atoms with Crippen LogP contribution in [0.15, 0.2) is 17.7 Å². The van der Waals surface area contributed by atoms with E-state index in [0.717, 1.165) is 6.92 Å². The maximum atomic E-state index is 14.1. The summed E-state index contributed by atoms with van der Waals surface area (Å²) in [6, 6.07) is -6.97. The van der Waals surface area contributed by atoms with Gasteiger partial charge in [0.15, 0.2) is 0 Å². The summed E-state index contributed by atoms with van der Waals surface area (Å²) in [6.07, 6.45) is 5.12. The molecule has 6 amide bonds. The van der Waals surface area contributed by atoms with Crippen LogP contribution in [0.3, 0.4) is 0 Å². The predicted molar refractivity (Wildman–Crippen MR) is 243 cm³/mol. The molecule has 9 N–H and O–H groups in total. The Bertz CT molecular complexity index is 2160. The van der Waals surface area contributed by atoms with E-state index < -0.39 is 92.0 Å². The van der Waals surface area contributed by atoms with E-state index >= 15 is 0 Å². The molecule has 3 heterocycles. The average molecular weight is 982 g/mol. The van der Waals surface area contributed by atoms with Crippen LogP contribution in [-0.4, -0.2) is 149 Å². The van der Waals surface area contributed by atoms with Crippen LogP contribution in [0.25, 0.3) is 0 Å². The van der Waals surface area contributed by atoms with E-state index in [1.54, 1.807) is 39.2 Å². The van der Waals surface area contributed by atoms with Crippen molar-refractivity contribution in [2.24, 2.45) is 16.8 Å². The van der Waals surface area contributed by atoms with Gasteiger partial charge < -0.3 is 60.9 Å². The van der Waals surface area contributed by atoms with E-state index in [0.29, 0.717) is 67.8 Å². The summed E-state index contributed by atoms with van der Waals surface area (Å²) in [6.45, 7) is 14.9. The van der Waals surface area contributed by atoms with Crippen molar-refractivity contribution in [1.29, 1.82) is 0 Å². The number of phosphoric ester groups is 1. The molecule has 0 saturated carbocycles. The molecule has 26 heteroatoms. The number of phosphoric acid groups is 1. The van der Waals surface area contributed by atoms with Crippen LogP contribution < -0.4 is 27.0 Å². The van der Waals surface area contributed by atoms with E-state index in [4.69, 9.17) is 15.3 Å². The van der Waals surface area contributed by atoms with Crippen molar-refractivity contribution in [3.05, 3.63) is 35.2 Å². The Labute approximate surface area is 394 Å². The quantitative estimate of drug-likeness (QED) is 0.0285. The van der Waals surface area contributed by atoms with Gasteiger partial charge in [-0.05, 0) is 86.0 Å². The van der Waals surface area contributed by atoms with Gasteiger partial charge in [0, 0.05) is 43.9 Å². The Kier molecular flexibility index (Phi) is 21.3. The largest absolute Gasteiger partial charge is 0.469 e. The Hall–Kier alpha value is -5.75. The number of nitrogens with two attached hydrogens (primary N) is 1. The Morgan fingerprint density at radius 1 is 0.971 bits per heavy atom. The molecule has 2 aromatic heterocycles. The molecule has 6 atom stereocenters. The number of primary amides is 1. The normalized spacial score (nSPS) is 16.4. The van der Waals surface area contributed by atoms with Gasteiger partial charge >= 0.3 is 13.9 Å². The summed E-state index contributed by atoms with van der Waals surface area (Å²) in [5.41, 5.74) is 6.86. The summed E-state index contributed by atoms with van der Waals surface area (Å²) >= 11 is 0. The number of aliphatic hydroxyl groups is 1. The highest BCUT2D eigenvalue weighted by atomic mass is 31.2. The molecule has 0 radical (unpaired) electrons. The summed E-state index contributed by atoms with van der Waals surface area (Å²) in [7, 11) is -5.14. The van der Waals surface area contributed by atoms with Gasteiger partial charge in [-0.15, -0.1) is 0 Å². The number of aliphatic hydroxyl groups excluding tert-OH is 1. The molecule has 0 spiro atoms. The van der Waals surface area contributed by atoms with E-state index in [1.165, 1.54) is 35.2 Å². The van der Waals surface area contributed by atoms with Crippen LogP contribution >= 0.6 is 7.82 Å². The van der Waals surface area contributed by atoms with E-state index in [2.05, 4.69) is 41.0 Å². The minimum Gasteiger partial charge on any atom is -0.442 e. The summed E-state index contributed by atoms with van der Waals surface area (Å²) in [5, 5.41) is 28.4. The van der Waals surface area contributed by atoms with Gasteiger partial charge in [0.1, 0.15) is 42.4 Å². The maximum absolute atomic E-state index is 14.1. The van der Waals surface area contributed by atoms with Gasteiger partial charge in [-0.25, -0.2) is 14.3 Å². The third-order valence-corrected chi connectivity index (χ3v) is 11.2. The first kappa shape index (κ1) is 56.6. The van der Waals surface area contributed by atoms with Crippen molar-refractivity contribution in [3.8, 4) is 0 Å². The molecule has 0 unspecified atom stereocenters. The van der Waals surface area contributed by atoms with Gasteiger partial charge in [-0.1, -0.05) is 19.0 Å². The number of ether oxygens (including phenoxy) is 1. The second kappa shape index (κ2) is 25.6. The van der Waals surface area contributed by atoms with Gasteiger partial charge in [-0.2, -0.15) is 9.78 Å². The van der Waals surface area contributed by atoms with Crippen LogP contribution in [0.2, 0.25) is 0 Å². The molecule has 3 rings (SSSR count). The molecular formula is C42H68N11O14P. The zero-order valence-electron chi connectivity index (χ0n) is 40.1. The first-order valence-electron chi connectivity index (χ1n) is 22.3. The Morgan fingerprint density at radius 2 is 1.62 bits per heavy atom. The van der Waals surface area contributed by atoms with Crippen molar-refractivity contribution in [1.82, 2.24) is 45.5 Å². The molecule has 25 nitrogen and oxygen atoms in total. The number of nitrogens with zero attached hydrogens (tertiary/aromatic N) is 6. The fraction of sp³-hybridized carbons (Fsp3) is 0.667. The summed E-state index contributed by atoms with van der Waals surface area (Å²) in [4.78, 5) is 121. The first-order chi connectivity index (χ1) is 31.7. The van der Waals surface area contributed by atoms with Crippen molar-refractivity contribution in [3.63, 3.8) is 0 Å². The Morgan fingerprint density at radius 3 is 2.22 bits per heavy atom. The van der Waals surface area contributed by atoms with Crippen LogP contribution in [0, 0.1) is 19.8 Å². The van der Waals surface area contributed by atoms with Gasteiger partial charge in [0.25, 0.3) is 0 Å².